The van der Waals surface area contributed by atoms with Gasteiger partial charge in [0.05, 0.1) is 11.1 Å². The maximum absolute atomic E-state index is 12.3. The molecule has 0 fully saturated rings. The fraction of sp³-hybridized carbons (Fsp3) is 0.318. The van der Waals surface area contributed by atoms with E-state index in [2.05, 4.69) is 5.32 Å². The molecule has 0 aromatic heterocycles. The van der Waals surface area contributed by atoms with Crippen LogP contribution in [0.5, 0.6) is 0 Å². The monoisotopic (exact) mass is 396 g/mol. The number of nitrogens with one attached hydrogen (secondary N) is 1. The number of amides is 3. The van der Waals surface area contributed by atoms with E-state index in [1.165, 1.54) is 4.90 Å². The lowest BCUT2D eigenvalue weighted by Gasteiger charge is -2.13. The van der Waals surface area contributed by atoms with Crippen LogP contribution in [0.3, 0.4) is 0 Å². The molecule has 6 heteroatoms. The Morgan fingerprint density at radius 2 is 1.54 bits per heavy atom. The number of imide groups is 1. The van der Waals surface area contributed by atoms with E-state index in [4.69, 9.17) is 0 Å². The number of anilines is 1. The highest BCUT2D eigenvalue weighted by Gasteiger charge is 2.34. The number of fused-ring (bicyclic) bond motifs is 1. The lowest BCUT2D eigenvalue weighted by Crippen LogP contribution is -2.31. The van der Waals surface area contributed by atoms with Gasteiger partial charge < -0.3 is 5.32 Å². The molecular weight excluding hydrogens is 372 g/mol. The molecule has 146 valence electrons. The number of hydrogen-bond acceptors (Lipinski definition) is 4. The molecule has 0 bridgehead atoms. The Labute approximate surface area is 169 Å². The third kappa shape index (κ3) is 4.44. The molecule has 0 spiro atoms. The van der Waals surface area contributed by atoms with Crippen molar-refractivity contribution in [3.63, 3.8) is 0 Å². The number of benzene rings is 2. The molecule has 0 saturated carbocycles. The summed E-state index contributed by atoms with van der Waals surface area (Å²) < 4.78 is 0. The van der Waals surface area contributed by atoms with Crippen molar-refractivity contribution in [1.29, 1.82) is 0 Å². The predicted molar refractivity (Wildman–Crippen MR) is 113 cm³/mol. The highest BCUT2D eigenvalue weighted by atomic mass is 32.2. The van der Waals surface area contributed by atoms with Gasteiger partial charge in [0, 0.05) is 24.4 Å². The summed E-state index contributed by atoms with van der Waals surface area (Å²) in [5.41, 5.74) is 3.99. The van der Waals surface area contributed by atoms with Gasteiger partial charge >= 0.3 is 0 Å². The quantitative estimate of drug-likeness (QED) is 0.540. The summed E-state index contributed by atoms with van der Waals surface area (Å²) >= 11 is 1.65. The lowest BCUT2D eigenvalue weighted by molar-refractivity contribution is -0.116. The second-order valence-electron chi connectivity index (χ2n) is 6.84. The van der Waals surface area contributed by atoms with Crippen LogP contribution >= 0.6 is 11.8 Å². The lowest BCUT2D eigenvalue weighted by atomic mass is 10.1. The Kier molecular flexibility index (Phi) is 6.52. The van der Waals surface area contributed by atoms with E-state index in [1.807, 2.05) is 32.0 Å². The van der Waals surface area contributed by atoms with Gasteiger partial charge in [0.1, 0.15) is 0 Å². The van der Waals surface area contributed by atoms with E-state index in [-0.39, 0.29) is 17.7 Å². The minimum atomic E-state index is -0.214. The summed E-state index contributed by atoms with van der Waals surface area (Å²) in [6.07, 6.45) is 1.21. The first-order chi connectivity index (χ1) is 13.5. The molecule has 0 saturated heterocycles. The molecule has 0 radical (unpaired) electrons. The summed E-state index contributed by atoms with van der Waals surface area (Å²) in [5.74, 6) is 1.06. The van der Waals surface area contributed by atoms with Crippen molar-refractivity contribution in [3.05, 3.63) is 64.7 Å². The van der Waals surface area contributed by atoms with E-state index in [9.17, 15) is 14.4 Å². The number of rotatable bonds is 8. The number of thioether (sulfide) groups is 1. The third-order valence-electron chi connectivity index (χ3n) is 4.78. The molecule has 0 atom stereocenters. The molecule has 2 aromatic rings. The zero-order valence-corrected chi connectivity index (χ0v) is 17.0. The molecule has 0 aliphatic carbocycles. The van der Waals surface area contributed by atoms with E-state index in [1.54, 1.807) is 36.0 Å². The van der Waals surface area contributed by atoms with E-state index < -0.39 is 0 Å². The van der Waals surface area contributed by atoms with Gasteiger partial charge in [-0.05, 0) is 49.3 Å². The maximum Gasteiger partial charge on any atom is 0.261 e. The largest absolute Gasteiger partial charge is 0.326 e. The van der Waals surface area contributed by atoms with Crippen LogP contribution in [-0.2, 0) is 4.79 Å². The van der Waals surface area contributed by atoms with Crippen LogP contribution in [0.4, 0.5) is 5.69 Å². The summed E-state index contributed by atoms with van der Waals surface area (Å²) in [7, 11) is 0. The first-order valence-electron chi connectivity index (χ1n) is 9.38. The standard InChI is InChI=1S/C22H24N2O3S/c1-15-7-5-8-16(2)20(15)23-19(25)11-6-13-28-14-12-24-21(26)17-9-3-4-10-18(17)22(24)27/h3-5,7-10H,6,11-14H2,1-2H3,(H,23,25). The van der Waals surface area contributed by atoms with Gasteiger partial charge in [-0.1, -0.05) is 30.3 Å². The van der Waals surface area contributed by atoms with Gasteiger partial charge in [-0.3, -0.25) is 19.3 Å². The molecular formula is C22H24N2O3S. The summed E-state index contributed by atoms with van der Waals surface area (Å²) in [5, 5.41) is 2.99. The van der Waals surface area contributed by atoms with Crippen molar-refractivity contribution in [2.45, 2.75) is 26.7 Å². The Morgan fingerprint density at radius 1 is 0.929 bits per heavy atom. The van der Waals surface area contributed by atoms with E-state index in [0.29, 0.717) is 29.8 Å². The van der Waals surface area contributed by atoms with Crippen molar-refractivity contribution < 1.29 is 14.4 Å². The maximum atomic E-state index is 12.3. The SMILES string of the molecule is Cc1cccc(C)c1NC(=O)CCCSCCN1C(=O)c2ccccc2C1=O. The number of aryl methyl sites for hydroxylation is 2. The minimum absolute atomic E-state index is 0.0124. The molecule has 1 aliphatic heterocycles. The normalized spacial score (nSPS) is 13.0. The molecule has 28 heavy (non-hydrogen) atoms. The van der Waals surface area contributed by atoms with Crippen molar-refractivity contribution >= 4 is 35.2 Å². The zero-order valence-electron chi connectivity index (χ0n) is 16.2. The molecule has 0 unspecified atom stereocenters. The smallest absolute Gasteiger partial charge is 0.261 e. The average molecular weight is 397 g/mol. The van der Waals surface area contributed by atoms with Crippen LogP contribution in [0, 0.1) is 13.8 Å². The summed E-state index contributed by atoms with van der Waals surface area (Å²) in [6.45, 7) is 4.36. The molecule has 3 rings (SSSR count). The molecule has 2 aromatic carbocycles. The van der Waals surface area contributed by atoms with Gasteiger partial charge in [-0.25, -0.2) is 0 Å². The van der Waals surface area contributed by atoms with Crippen molar-refractivity contribution in [2.75, 3.05) is 23.4 Å². The van der Waals surface area contributed by atoms with Crippen LogP contribution in [0.25, 0.3) is 0 Å². The van der Waals surface area contributed by atoms with Crippen molar-refractivity contribution in [3.8, 4) is 0 Å². The molecule has 1 heterocycles. The average Bonchev–Trinajstić information content (AvgIpc) is 2.92. The van der Waals surface area contributed by atoms with E-state index >= 15 is 0 Å². The van der Waals surface area contributed by atoms with Crippen molar-refractivity contribution in [1.82, 2.24) is 4.90 Å². The Morgan fingerprint density at radius 3 is 2.14 bits per heavy atom. The number of nitrogens with zero attached hydrogens (tertiary/aromatic N) is 1. The van der Waals surface area contributed by atoms with Gasteiger partial charge in [0.15, 0.2) is 0 Å². The Hall–Kier alpha value is -2.60. The highest BCUT2D eigenvalue weighted by Crippen LogP contribution is 2.23. The minimum Gasteiger partial charge on any atom is -0.326 e. The number of carbonyl (C=O) groups excluding carboxylic acids is 3. The topological polar surface area (TPSA) is 66.5 Å². The van der Waals surface area contributed by atoms with Crippen molar-refractivity contribution in [2.24, 2.45) is 0 Å². The fourth-order valence-electron chi connectivity index (χ4n) is 3.25. The summed E-state index contributed by atoms with van der Waals surface area (Å²) in [6, 6.07) is 12.9. The number of para-hydroxylation sites is 1. The first-order valence-corrected chi connectivity index (χ1v) is 10.5. The van der Waals surface area contributed by atoms with Gasteiger partial charge in [-0.15, -0.1) is 0 Å². The molecule has 1 aliphatic rings. The second kappa shape index (κ2) is 9.06. The molecule has 3 amide bonds. The van der Waals surface area contributed by atoms with E-state index in [0.717, 1.165) is 29.0 Å². The van der Waals surface area contributed by atoms with Crippen LogP contribution in [0.15, 0.2) is 42.5 Å². The second-order valence-corrected chi connectivity index (χ2v) is 8.06. The fourth-order valence-corrected chi connectivity index (χ4v) is 4.11. The summed E-state index contributed by atoms with van der Waals surface area (Å²) in [4.78, 5) is 38.0. The highest BCUT2D eigenvalue weighted by molar-refractivity contribution is 7.99. The van der Waals surface area contributed by atoms with Crippen LogP contribution in [0.2, 0.25) is 0 Å². The molecule has 5 nitrogen and oxygen atoms in total. The van der Waals surface area contributed by atoms with Crippen LogP contribution < -0.4 is 5.32 Å². The number of carbonyl (C=O) groups is 3. The van der Waals surface area contributed by atoms with Gasteiger partial charge in [0.25, 0.3) is 11.8 Å². The molecule has 1 N–H and O–H groups in total. The van der Waals surface area contributed by atoms with Crippen LogP contribution in [-0.4, -0.2) is 40.7 Å². The Bertz CT molecular complexity index is 855. The van der Waals surface area contributed by atoms with Gasteiger partial charge in [-0.2, -0.15) is 11.8 Å². The first kappa shape index (κ1) is 20.1. The number of hydrogen-bond donors (Lipinski definition) is 1. The van der Waals surface area contributed by atoms with Crippen LogP contribution in [0.1, 0.15) is 44.7 Å². The Balaban J connectivity index is 1.36. The predicted octanol–water partition coefficient (Wildman–Crippen LogP) is 4.05. The zero-order chi connectivity index (χ0) is 20.1. The third-order valence-corrected chi connectivity index (χ3v) is 5.82. The van der Waals surface area contributed by atoms with Gasteiger partial charge in [0.2, 0.25) is 5.91 Å².